The average Bonchev–Trinajstić information content (AvgIpc) is 2.27. The van der Waals surface area contributed by atoms with Crippen LogP contribution in [0, 0.1) is 0 Å². The molecule has 1 aromatic carbocycles. The molecule has 3 heteroatoms. The van der Waals surface area contributed by atoms with Gasteiger partial charge in [-0.2, -0.15) is 0 Å². The number of aliphatic hydroxyl groups excluding tert-OH is 1. The molecule has 1 N–H and O–H groups in total. The first-order valence-electron chi connectivity index (χ1n) is 5.82. The fourth-order valence-corrected chi connectivity index (χ4v) is 5.54. The normalized spacial score (nSPS) is 12.5. The van der Waals surface area contributed by atoms with Gasteiger partial charge in [-0.05, 0) is 21.8 Å². The third-order valence-electron chi connectivity index (χ3n) is 3.26. The number of rotatable bonds is 4. The number of benzene rings is 1. The van der Waals surface area contributed by atoms with Crippen LogP contribution in [0.2, 0.25) is 11.1 Å². The van der Waals surface area contributed by atoms with E-state index in [1.165, 1.54) is 0 Å². The van der Waals surface area contributed by atoms with Crippen molar-refractivity contribution in [1.29, 1.82) is 0 Å². The van der Waals surface area contributed by atoms with Gasteiger partial charge in [-0.3, -0.25) is 0 Å². The minimum Gasteiger partial charge on any atom is -0.392 e. The fraction of sp³-hybridized carbons (Fsp3) is 0.538. The Morgan fingerprint density at radius 1 is 1.06 bits per heavy atom. The highest BCUT2D eigenvalue weighted by Crippen LogP contribution is 2.33. The van der Waals surface area contributed by atoms with Gasteiger partial charge in [0.2, 0.25) is 0 Å². The van der Waals surface area contributed by atoms with Crippen LogP contribution in [0.4, 0.5) is 4.11 Å². The maximum Gasteiger partial charge on any atom is 0.282 e. The molecule has 0 fully saturated rings. The Balaban J connectivity index is 3.12. The van der Waals surface area contributed by atoms with Crippen LogP contribution in [0.25, 0.3) is 0 Å². The third-order valence-corrected chi connectivity index (χ3v) is 7.84. The van der Waals surface area contributed by atoms with E-state index < -0.39 is 8.41 Å². The van der Waals surface area contributed by atoms with Gasteiger partial charge in [-0.25, -0.2) is 0 Å². The molecule has 1 aromatic rings. The van der Waals surface area contributed by atoms with Crippen molar-refractivity contribution in [2.75, 3.05) is 0 Å². The summed E-state index contributed by atoms with van der Waals surface area (Å²) in [6.07, 6.45) is 0. The summed E-state index contributed by atoms with van der Waals surface area (Å²) < 4.78 is 15.1. The van der Waals surface area contributed by atoms with Crippen LogP contribution in [-0.4, -0.2) is 13.5 Å². The van der Waals surface area contributed by atoms with Gasteiger partial charge in [-0.15, -0.1) is 0 Å². The van der Waals surface area contributed by atoms with E-state index in [1.54, 1.807) is 0 Å². The Bertz CT molecular complexity index is 324. The van der Waals surface area contributed by atoms with Crippen LogP contribution < -0.4 is 5.19 Å². The van der Waals surface area contributed by atoms with Crippen LogP contribution in [0.5, 0.6) is 0 Å². The molecule has 0 spiro atoms. The summed E-state index contributed by atoms with van der Waals surface area (Å²) in [6.45, 7) is 7.88. The molecule has 0 amide bonds. The van der Waals surface area contributed by atoms with Crippen molar-refractivity contribution in [3.63, 3.8) is 0 Å². The van der Waals surface area contributed by atoms with Gasteiger partial charge in [0.05, 0.1) is 6.61 Å². The first-order valence-corrected chi connectivity index (χ1v) is 7.85. The van der Waals surface area contributed by atoms with E-state index in [4.69, 9.17) is 5.11 Å². The van der Waals surface area contributed by atoms with Crippen molar-refractivity contribution in [2.45, 2.75) is 45.4 Å². The number of hydrogen-bond acceptors (Lipinski definition) is 1. The maximum absolute atomic E-state index is 15.1. The van der Waals surface area contributed by atoms with Gasteiger partial charge in [0.15, 0.2) is 0 Å². The summed E-state index contributed by atoms with van der Waals surface area (Å²) in [4.78, 5) is 0. The van der Waals surface area contributed by atoms with E-state index >= 15 is 4.11 Å². The molecule has 0 aliphatic carbocycles. The molecule has 1 nitrogen and oxygen atoms in total. The zero-order chi connectivity index (χ0) is 12.3. The van der Waals surface area contributed by atoms with Crippen molar-refractivity contribution < 1.29 is 9.21 Å². The molecular weight excluding hydrogens is 218 g/mol. The molecule has 0 aliphatic rings. The van der Waals surface area contributed by atoms with E-state index in [9.17, 15) is 0 Å². The van der Waals surface area contributed by atoms with E-state index in [0.717, 1.165) is 10.8 Å². The number of halogens is 1. The van der Waals surface area contributed by atoms with E-state index in [2.05, 4.69) is 0 Å². The average molecular weight is 239 g/mol. The fourth-order valence-electron chi connectivity index (χ4n) is 2.20. The van der Waals surface area contributed by atoms with Crippen LogP contribution in [0.3, 0.4) is 0 Å². The summed E-state index contributed by atoms with van der Waals surface area (Å²) in [5.41, 5.74) is 0.993. The molecule has 0 saturated heterocycles. The molecule has 0 saturated carbocycles. The Morgan fingerprint density at radius 2 is 1.50 bits per heavy atom. The minimum atomic E-state index is -2.90. The SMILES string of the molecule is CC(C)[Si]([18F])(c1ccc(CO)cc1)C(C)C. The van der Waals surface area contributed by atoms with Crippen LogP contribution in [0.15, 0.2) is 24.3 Å². The second kappa shape index (κ2) is 5.10. The molecule has 0 atom stereocenters. The topological polar surface area (TPSA) is 20.2 Å². The molecule has 90 valence electrons. The van der Waals surface area contributed by atoms with Crippen molar-refractivity contribution >= 4 is 13.6 Å². The largest absolute Gasteiger partial charge is 0.392 e. The smallest absolute Gasteiger partial charge is 0.282 e. The lowest BCUT2D eigenvalue weighted by molar-refractivity contribution is 0.282. The molecule has 16 heavy (non-hydrogen) atoms. The number of aliphatic hydroxyl groups is 1. The Labute approximate surface area is 98.5 Å². The zero-order valence-corrected chi connectivity index (χ0v) is 11.5. The van der Waals surface area contributed by atoms with Crippen molar-refractivity contribution in [2.24, 2.45) is 0 Å². The quantitative estimate of drug-likeness (QED) is 0.632. The van der Waals surface area contributed by atoms with Gasteiger partial charge in [0.1, 0.15) is 0 Å². The summed E-state index contributed by atoms with van der Waals surface area (Å²) in [7, 11) is -2.90. The first-order chi connectivity index (χ1) is 7.42. The highest BCUT2D eigenvalue weighted by molar-refractivity contribution is 6.88. The van der Waals surface area contributed by atoms with Crippen molar-refractivity contribution in [3.05, 3.63) is 29.8 Å². The molecule has 1 rings (SSSR count). The lowest BCUT2D eigenvalue weighted by Crippen LogP contribution is -2.49. The highest BCUT2D eigenvalue weighted by atomic mass is 28.4. The van der Waals surface area contributed by atoms with Crippen molar-refractivity contribution in [3.8, 4) is 0 Å². The summed E-state index contributed by atoms with van der Waals surface area (Å²) in [6, 6.07) is 7.33. The Kier molecular flexibility index (Phi) is 4.27. The molecule has 0 bridgehead atoms. The lowest BCUT2D eigenvalue weighted by Gasteiger charge is -2.30. The molecular formula is C13H21FOSi. The first kappa shape index (κ1) is 13.4. The predicted octanol–water partition coefficient (Wildman–Crippen LogP) is 3.12. The molecule has 0 unspecified atom stereocenters. The molecule has 0 heterocycles. The number of hydrogen-bond donors (Lipinski definition) is 1. The molecule has 0 aromatic heterocycles. The lowest BCUT2D eigenvalue weighted by atomic mass is 10.2. The predicted molar refractivity (Wildman–Crippen MR) is 69.1 cm³/mol. The third kappa shape index (κ3) is 2.35. The van der Waals surface area contributed by atoms with Gasteiger partial charge in [-0.1, -0.05) is 52.0 Å². The maximum atomic E-state index is 15.1. The van der Waals surface area contributed by atoms with Crippen LogP contribution in [-0.2, 0) is 6.61 Å². The monoisotopic (exact) mass is 239 g/mol. The van der Waals surface area contributed by atoms with Gasteiger partial charge >= 0.3 is 0 Å². The zero-order valence-electron chi connectivity index (χ0n) is 10.5. The Morgan fingerprint density at radius 3 is 1.81 bits per heavy atom. The van der Waals surface area contributed by atoms with E-state index in [0.29, 0.717) is 0 Å². The van der Waals surface area contributed by atoms with E-state index in [1.807, 2.05) is 52.0 Å². The highest BCUT2D eigenvalue weighted by Gasteiger charge is 2.43. The Hall–Kier alpha value is -0.673. The van der Waals surface area contributed by atoms with Gasteiger partial charge in [0, 0.05) is 0 Å². The summed E-state index contributed by atoms with van der Waals surface area (Å²) >= 11 is 0. The summed E-state index contributed by atoms with van der Waals surface area (Å²) in [5, 5.41) is 9.81. The minimum absolute atomic E-state index is 0.0183. The summed E-state index contributed by atoms with van der Waals surface area (Å²) in [5.74, 6) is 0. The van der Waals surface area contributed by atoms with Crippen LogP contribution >= 0.6 is 0 Å². The molecule has 0 radical (unpaired) electrons. The van der Waals surface area contributed by atoms with E-state index in [-0.39, 0.29) is 17.7 Å². The second-order valence-corrected chi connectivity index (χ2v) is 9.36. The second-order valence-electron chi connectivity index (χ2n) is 4.93. The van der Waals surface area contributed by atoms with Gasteiger partial charge in [0.25, 0.3) is 8.41 Å². The standard InChI is InChI=1S/C13H21FOSi/c1-10(2)16(14,11(3)4)13-7-5-12(9-15)6-8-13/h5-8,10-11,15H,9H2,1-4H3/i14-1. The molecule has 0 aliphatic heterocycles. The van der Waals surface area contributed by atoms with Gasteiger partial charge < -0.3 is 9.21 Å². The van der Waals surface area contributed by atoms with Crippen LogP contribution in [0.1, 0.15) is 33.3 Å². The van der Waals surface area contributed by atoms with Crippen molar-refractivity contribution in [1.82, 2.24) is 0 Å².